The highest BCUT2D eigenvalue weighted by Gasteiger charge is 2.13. The largest absolute Gasteiger partial charge is 0.113 e. The Hall–Kier alpha value is -1.27. The van der Waals surface area contributed by atoms with E-state index >= 15 is 0 Å². The molecule has 20 heavy (non-hydrogen) atoms. The van der Waals surface area contributed by atoms with Crippen molar-refractivity contribution in [3.05, 3.63) is 70.3 Å². The number of aryl methyl sites for hydroxylation is 2. The Kier molecular flexibility index (Phi) is 4.88. The van der Waals surface area contributed by atoms with Crippen LogP contribution in [0.15, 0.2) is 42.5 Å². The lowest BCUT2D eigenvalue weighted by Gasteiger charge is -2.15. The van der Waals surface area contributed by atoms with Crippen LogP contribution < -0.4 is 0 Å². The van der Waals surface area contributed by atoms with Gasteiger partial charge in [-0.2, -0.15) is 0 Å². The van der Waals surface area contributed by atoms with Gasteiger partial charge in [0.2, 0.25) is 0 Å². The van der Waals surface area contributed by atoms with Crippen LogP contribution in [0.2, 0.25) is 0 Å². The van der Waals surface area contributed by atoms with E-state index in [1.807, 2.05) is 0 Å². The summed E-state index contributed by atoms with van der Waals surface area (Å²) in [5.41, 5.74) is 6.28. The van der Waals surface area contributed by atoms with Gasteiger partial charge in [-0.1, -0.05) is 61.9 Å². The second-order valence-electron chi connectivity index (χ2n) is 6.06. The summed E-state index contributed by atoms with van der Waals surface area (Å²) in [5.74, 6) is 0.687. The standard InChI is InChI=1S/C19H23Cl/c1-13(2)11-16-7-9-17(10-8-16)19(20)18-12-14(3)5-6-15(18)4/h5-10,12-13,19H,11H2,1-4H3. The molecule has 2 aromatic rings. The van der Waals surface area contributed by atoms with Crippen LogP contribution in [0.3, 0.4) is 0 Å². The van der Waals surface area contributed by atoms with Crippen LogP contribution in [0.4, 0.5) is 0 Å². The minimum absolute atomic E-state index is 0.0667. The Morgan fingerprint density at radius 3 is 2.20 bits per heavy atom. The van der Waals surface area contributed by atoms with Gasteiger partial charge >= 0.3 is 0 Å². The highest BCUT2D eigenvalue weighted by molar-refractivity contribution is 6.22. The highest BCUT2D eigenvalue weighted by atomic mass is 35.5. The molecule has 1 heteroatoms. The lowest BCUT2D eigenvalue weighted by atomic mass is 9.96. The van der Waals surface area contributed by atoms with E-state index in [1.54, 1.807) is 0 Å². The molecular formula is C19H23Cl. The van der Waals surface area contributed by atoms with E-state index < -0.39 is 0 Å². The first-order chi connectivity index (χ1) is 9.47. The minimum Gasteiger partial charge on any atom is -0.113 e. The van der Waals surface area contributed by atoms with Crippen molar-refractivity contribution in [3.8, 4) is 0 Å². The van der Waals surface area contributed by atoms with Crippen LogP contribution in [0, 0.1) is 19.8 Å². The summed E-state index contributed by atoms with van der Waals surface area (Å²) in [7, 11) is 0. The Bertz CT molecular complexity index is 567. The third-order valence-corrected chi connectivity index (χ3v) is 4.11. The van der Waals surface area contributed by atoms with E-state index in [4.69, 9.17) is 11.6 Å². The molecule has 1 unspecified atom stereocenters. The molecule has 2 aromatic carbocycles. The van der Waals surface area contributed by atoms with Crippen LogP contribution in [-0.4, -0.2) is 0 Å². The van der Waals surface area contributed by atoms with Crippen LogP contribution in [-0.2, 0) is 6.42 Å². The van der Waals surface area contributed by atoms with Crippen LogP contribution in [0.5, 0.6) is 0 Å². The Morgan fingerprint density at radius 2 is 1.60 bits per heavy atom. The summed E-state index contributed by atoms with van der Waals surface area (Å²) in [6, 6.07) is 15.2. The summed E-state index contributed by atoms with van der Waals surface area (Å²) < 4.78 is 0. The maximum Gasteiger partial charge on any atom is 0.0838 e. The summed E-state index contributed by atoms with van der Waals surface area (Å²) in [5, 5.41) is -0.0667. The number of hydrogen-bond acceptors (Lipinski definition) is 0. The zero-order valence-corrected chi connectivity index (χ0v) is 13.5. The molecule has 106 valence electrons. The lowest BCUT2D eigenvalue weighted by molar-refractivity contribution is 0.647. The fourth-order valence-electron chi connectivity index (χ4n) is 2.51. The van der Waals surface area contributed by atoms with Crippen molar-refractivity contribution < 1.29 is 0 Å². The predicted octanol–water partition coefficient (Wildman–Crippen LogP) is 5.83. The number of benzene rings is 2. The maximum absolute atomic E-state index is 6.67. The number of halogens is 1. The lowest BCUT2D eigenvalue weighted by Crippen LogP contribution is -1.98. The number of rotatable bonds is 4. The fraction of sp³-hybridized carbons (Fsp3) is 0.368. The predicted molar refractivity (Wildman–Crippen MR) is 88.6 cm³/mol. The Balaban J connectivity index is 2.24. The molecule has 0 radical (unpaired) electrons. The molecule has 0 saturated heterocycles. The Morgan fingerprint density at radius 1 is 0.950 bits per heavy atom. The van der Waals surface area contributed by atoms with Gasteiger partial charge in [0.15, 0.2) is 0 Å². The third kappa shape index (κ3) is 3.64. The van der Waals surface area contributed by atoms with E-state index in [0.717, 1.165) is 6.42 Å². The van der Waals surface area contributed by atoms with Crippen molar-refractivity contribution in [2.45, 2.75) is 39.5 Å². The maximum atomic E-state index is 6.67. The number of alkyl halides is 1. The number of hydrogen-bond donors (Lipinski definition) is 0. The Labute approximate surface area is 127 Å². The SMILES string of the molecule is Cc1ccc(C)c(C(Cl)c2ccc(CC(C)C)cc2)c1. The zero-order chi connectivity index (χ0) is 14.7. The zero-order valence-electron chi connectivity index (χ0n) is 12.8. The molecule has 0 aromatic heterocycles. The quantitative estimate of drug-likeness (QED) is 0.620. The molecule has 0 aliphatic carbocycles. The van der Waals surface area contributed by atoms with Gasteiger partial charge in [-0.05, 0) is 48.4 Å². The fourth-order valence-corrected chi connectivity index (χ4v) is 2.89. The first kappa shape index (κ1) is 15.1. The van der Waals surface area contributed by atoms with Crippen molar-refractivity contribution in [1.29, 1.82) is 0 Å². The van der Waals surface area contributed by atoms with E-state index in [-0.39, 0.29) is 5.38 Å². The smallest absolute Gasteiger partial charge is 0.0838 e. The van der Waals surface area contributed by atoms with Crippen molar-refractivity contribution in [3.63, 3.8) is 0 Å². The molecular weight excluding hydrogens is 264 g/mol. The topological polar surface area (TPSA) is 0 Å². The van der Waals surface area contributed by atoms with E-state index in [9.17, 15) is 0 Å². The molecule has 0 nitrogen and oxygen atoms in total. The summed E-state index contributed by atoms with van der Waals surface area (Å²) in [4.78, 5) is 0. The van der Waals surface area contributed by atoms with Gasteiger partial charge in [0.1, 0.15) is 0 Å². The van der Waals surface area contributed by atoms with Gasteiger partial charge < -0.3 is 0 Å². The minimum atomic E-state index is -0.0667. The molecule has 0 aliphatic heterocycles. The molecule has 0 aliphatic rings. The molecule has 0 saturated carbocycles. The normalized spacial score (nSPS) is 12.7. The van der Waals surface area contributed by atoms with E-state index in [1.165, 1.54) is 27.8 Å². The molecule has 0 fully saturated rings. The van der Waals surface area contributed by atoms with Gasteiger partial charge in [-0.25, -0.2) is 0 Å². The van der Waals surface area contributed by atoms with Crippen LogP contribution in [0.25, 0.3) is 0 Å². The summed E-state index contributed by atoms with van der Waals surface area (Å²) in [6.07, 6.45) is 1.12. The molecule has 1 atom stereocenters. The first-order valence-corrected chi connectivity index (χ1v) is 7.71. The monoisotopic (exact) mass is 286 g/mol. The van der Waals surface area contributed by atoms with Crippen molar-refractivity contribution >= 4 is 11.6 Å². The van der Waals surface area contributed by atoms with Crippen LogP contribution >= 0.6 is 11.6 Å². The molecule has 0 N–H and O–H groups in total. The van der Waals surface area contributed by atoms with Gasteiger partial charge in [-0.15, -0.1) is 11.6 Å². The van der Waals surface area contributed by atoms with Crippen molar-refractivity contribution in [2.75, 3.05) is 0 Å². The van der Waals surface area contributed by atoms with Crippen LogP contribution in [0.1, 0.15) is 47.0 Å². The molecule has 0 heterocycles. The molecule has 0 amide bonds. The highest BCUT2D eigenvalue weighted by Crippen LogP contribution is 2.31. The average Bonchev–Trinajstić information content (AvgIpc) is 2.41. The van der Waals surface area contributed by atoms with Gasteiger partial charge in [0.05, 0.1) is 5.38 Å². The van der Waals surface area contributed by atoms with Gasteiger partial charge in [0.25, 0.3) is 0 Å². The summed E-state index contributed by atoms with van der Waals surface area (Å²) in [6.45, 7) is 8.72. The van der Waals surface area contributed by atoms with E-state index in [0.29, 0.717) is 5.92 Å². The summed E-state index contributed by atoms with van der Waals surface area (Å²) >= 11 is 6.67. The van der Waals surface area contributed by atoms with Gasteiger partial charge in [0, 0.05) is 0 Å². The first-order valence-electron chi connectivity index (χ1n) is 7.27. The van der Waals surface area contributed by atoms with Gasteiger partial charge in [-0.3, -0.25) is 0 Å². The van der Waals surface area contributed by atoms with Crippen molar-refractivity contribution in [1.82, 2.24) is 0 Å². The van der Waals surface area contributed by atoms with E-state index in [2.05, 4.69) is 70.2 Å². The third-order valence-electron chi connectivity index (χ3n) is 3.62. The second-order valence-corrected chi connectivity index (χ2v) is 6.50. The molecule has 0 bridgehead atoms. The molecule has 2 rings (SSSR count). The second kappa shape index (κ2) is 6.45. The molecule has 0 spiro atoms. The van der Waals surface area contributed by atoms with Crippen molar-refractivity contribution in [2.24, 2.45) is 5.92 Å². The average molecular weight is 287 g/mol.